The Labute approximate surface area is 187 Å². The number of thioether (sulfide) groups is 1. The Morgan fingerprint density at radius 3 is 1.55 bits per heavy atom. The van der Waals surface area contributed by atoms with Crippen LogP contribution in [-0.4, -0.2) is 29.0 Å². The molecular weight excluding hydrogens is 404 g/mol. The second-order valence-electron chi connectivity index (χ2n) is 3.92. The van der Waals surface area contributed by atoms with Crippen LogP contribution in [0.25, 0.3) is 0 Å². The molecule has 0 heterocycles. The van der Waals surface area contributed by atoms with Gasteiger partial charge in [-0.1, -0.05) is 97.9 Å². The number of carbonyl (C=O) groups is 2. The van der Waals surface area contributed by atoms with Crippen molar-refractivity contribution in [2.24, 2.45) is 0 Å². The topological polar surface area (TPSA) is 54.4 Å². The molecule has 0 aromatic heterocycles. The smallest absolute Gasteiger partial charge is 0.318 e. The maximum atomic E-state index is 12.2. The van der Waals surface area contributed by atoms with Crippen molar-refractivity contribution in [3.63, 3.8) is 0 Å². The summed E-state index contributed by atoms with van der Waals surface area (Å²) in [5.74, 6) is -1.20. The molecule has 0 atom stereocenters. The van der Waals surface area contributed by atoms with E-state index < -0.39 is 5.97 Å². The number of hydrogen-bond donors (Lipinski definition) is 1. The first-order valence-electron chi connectivity index (χ1n) is 10.1. The molecule has 1 N–H and O–H groups in total. The molecule has 2 aromatic rings. The molecule has 5 heteroatoms. The fraction of sp³-hybridized carbons (Fsp3) is 0.417. The molecule has 166 valence electrons. The number of hydrogen-bond acceptors (Lipinski definition) is 3. The molecule has 0 unspecified atom stereocenters. The van der Waals surface area contributed by atoms with Crippen LogP contribution >= 0.6 is 23.4 Å². The van der Waals surface area contributed by atoms with E-state index in [9.17, 15) is 9.59 Å². The number of ketones is 1. The highest BCUT2D eigenvalue weighted by Gasteiger charge is 2.11. The standard InChI is InChI=1S/C14H12OS.C2H3ClO2.4C2H6/c1-16-13-10-6-5-9-12(13)14(15)11-7-3-2-4-8-11;3-1-2(4)5;4*1-2/h2-10H,1H3;1H2,(H,4,5);4*1-2H3. The van der Waals surface area contributed by atoms with Crippen LogP contribution in [0.3, 0.4) is 0 Å². The molecule has 0 fully saturated rings. The first kappa shape index (κ1) is 34.7. The highest BCUT2D eigenvalue weighted by Crippen LogP contribution is 2.22. The molecule has 0 spiro atoms. The molecule has 2 rings (SSSR count). The molecule has 0 radical (unpaired) electrons. The van der Waals surface area contributed by atoms with E-state index in [0.717, 1.165) is 16.0 Å². The quantitative estimate of drug-likeness (QED) is 0.295. The Balaban J connectivity index is -0.000000203. The van der Waals surface area contributed by atoms with Crippen molar-refractivity contribution in [1.82, 2.24) is 0 Å². The highest BCUT2D eigenvalue weighted by molar-refractivity contribution is 7.98. The molecule has 0 aliphatic heterocycles. The number of halogens is 1. The van der Waals surface area contributed by atoms with E-state index in [-0.39, 0.29) is 11.7 Å². The van der Waals surface area contributed by atoms with Crippen LogP contribution in [0.15, 0.2) is 59.5 Å². The molecular formula is C24H39ClO3S. The number of rotatable bonds is 4. The Kier molecular flexibility index (Phi) is 34.0. The number of benzene rings is 2. The van der Waals surface area contributed by atoms with Crippen molar-refractivity contribution in [3.05, 3.63) is 65.7 Å². The minimum absolute atomic E-state index is 0.0885. The summed E-state index contributed by atoms with van der Waals surface area (Å²) in [4.78, 5) is 22.5. The number of carboxylic acids is 1. The minimum Gasteiger partial charge on any atom is -0.480 e. The zero-order valence-corrected chi connectivity index (χ0v) is 21.0. The third-order valence-corrected chi connectivity index (χ3v) is 3.53. The van der Waals surface area contributed by atoms with Crippen LogP contribution in [0.4, 0.5) is 0 Å². The lowest BCUT2D eigenvalue weighted by Gasteiger charge is -2.05. The fourth-order valence-corrected chi connectivity index (χ4v) is 2.17. The van der Waals surface area contributed by atoms with Gasteiger partial charge in [-0.2, -0.15) is 0 Å². The lowest BCUT2D eigenvalue weighted by molar-refractivity contribution is -0.134. The first-order valence-corrected chi connectivity index (χ1v) is 11.9. The molecule has 0 saturated heterocycles. The molecule has 0 aliphatic carbocycles. The van der Waals surface area contributed by atoms with Crippen LogP contribution in [-0.2, 0) is 4.79 Å². The average Bonchev–Trinajstić information content (AvgIpc) is 2.84. The van der Waals surface area contributed by atoms with Gasteiger partial charge in [0.05, 0.1) is 0 Å². The maximum absolute atomic E-state index is 12.2. The molecule has 0 aliphatic rings. The van der Waals surface area contributed by atoms with Crippen molar-refractivity contribution in [1.29, 1.82) is 0 Å². The van der Waals surface area contributed by atoms with Crippen LogP contribution in [0.1, 0.15) is 71.3 Å². The molecule has 29 heavy (non-hydrogen) atoms. The Bertz CT molecular complexity index is 602. The summed E-state index contributed by atoms with van der Waals surface area (Å²) in [7, 11) is 0. The van der Waals surface area contributed by atoms with E-state index >= 15 is 0 Å². The Morgan fingerprint density at radius 1 is 0.793 bits per heavy atom. The second kappa shape index (κ2) is 28.4. The zero-order chi connectivity index (χ0) is 23.7. The summed E-state index contributed by atoms with van der Waals surface area (Å²) in [6, 6.07) is 17.1. The van der Waals surface area contributed by atoms with Gasteiger partial charge in [0.15, 0.2) is 5.78 Å². The zero-order valence-electron chi connectivity index (χ0n) is 19.5. The monoisotopic (exact) mass is 442 g/mol. The van der Waals surface area contributed by atoms with Gasteiger partial charge in [-0.15, -0.1) is 23.4 Å². The predicted molar refractivity (Wildman–Crippen MR) is 132 cm³/mol. The van der Waals surface area contributed by atoms with E-state index in [0.29, 0.717) is 0 Å². The summed E-state index contributed by atoms with van der Waals surface area (Å²) < 4.78 is 0. The average molecular weight is 443 g/mol. The lowest BCUT2D eigenvalue weighted by atomic mass is 10.0. The van der Waals surface area contributed by atoms with Gasteiger partial charge in [0.25, 0.3) is 0 Å². The summed E-state index contributed by atoms with van der Waals surface area (Å²) in [5.41, 5.74) is 1.52. The lowest BCUT2D eigenvalue weighted by Crippen LogP contribution is -2.02. The van der Waals surface area contributed by atoms with Gasteiger partial charge in [0, 0.05) is 16.0 Å². The molecule has 0 amide bonds. The van der Waals surface area contributed by atoms with E-state index in [1.54, 1.807) is 11.8 Å². The first-order chi connectivity index (χ1) is 14.1. The van der Waals surface area contributed by atoms with Gasteiger partial charge in [-0.3, -0.25) is 9.59 Å². The van der Waals surface area contributed by atoms with Gasteiger partial charge in [-0.25, -0.2) is 0 Å². The molecule has 0 saturated carbocycles. The number of carbonyl (C=O) groups excluding carboxylic acids is 1. The predicted octanol–water partition coefficient (Wildman–Crippen LogP) is 8.05. The van der Waals surface area contributed by atoms with E-state index in [2.05, 4.69) is 0 Å². The third-order valence-electron chi connectivity index (χ3n) is 2.50. The number of alkyl halides is 1. The van der Waals surface area contributed by atoms with Crippen molar-refractivity contribution >= 4 is 35.1 Å². The van der Waals surface area contributed by atoms with Gasteiger partial charge in [0.2, 0.25) is 0 Å². The van der Waals surface area contributed by atoms with Crippen LogP contribution < -0.4 is 0 Å². The molecule has 3 nitrogen and oxygen atoms in total. The van der Waals surface area contributed by atoms with Gasteiger partial charge < -0.3 is 5.11 Å². The largest absolute Gasteiger partial charge is 0.480 e. The summed E-state index contributed by atoms with van der Waals surface area (Å²) in [6.07, 6.45) is 1.98. The van der Waals surface area contributed by atoms with Crippen LogP contribution in [0.5, 0.6) is 0 Å². The number of aliphatic carboxylic acids is 1. The summed E-state index contributed by atoms with van der Waals surface area (Å²) in [5, 5.41) is 7.59. The maximum Gasteiger partial charge on any atom is 0.318 e. The van der Waals surface area contributed by atoms with Crippen LogP contribution in [0.2, 0.25) is 0 Å². The van der Waals surface area contributed by atoms with Crippen molar-refractivity contribution in [2.75, 3.05) is 12.1 Å². The van der Waals surface area contributed by atoms with Gasteiger partial charge in [0.1, 0.15) is 5.88 Å². The van der Waals surface area contributed by atoms with E-state index in [1.165, 1.54) is 0 Å². The third kappa shape index (κ3) is 18.0. The minimum atomic E-state index is -0.980. The van der Waals surface area contributed by atoms with Crippen molar-refractivity contribution in [3.8, 4) is 0 Å². The summed E-state index contributed by atoms with van der Waals surface area (Å²) >= 11 is 6.33. The fourth-order valence-electron chi connectivity index (χ4n) is 1.58. The van der Waals surface area contributed by atoms with Crippen molar-refractivity contribution in [2.45, 2.75) is 60.3 Å². The van der Waals surface area contributed by atoms with Gasteiger partial charge in [-0.05, 0) is 18.4 Å². The van der Waals surface area contributed by atoms with E-state index in [4.69, 9.17) is 16.7 Å². The highest BCUT2D eigenvalue weighted by atomic mass is 35.5. The summed E-state index contributed by atoms with van der Waals surface area (Å²) in [6.45, 7) is 16.0. The van der Waals surface area contributed by atoms with E-state index in [1.807, 2.05) is 116 Å². The Hall–Kier alpha value is -1.78. The van der Waals surface area contributed by atoms with Gasteiger partial charge >= 0.3 is 5.97 Å². The van der Waals surface area contributed by atoms with Crippen molar-refractivity contribution < 1.29 is 14.7 Å². The molecule has 0 bridgehead atoms. The van der Waals surface area contributed by atoms with Crippen LogP contribution in [0, 0.1) is 0 Å². The molecule has 2 aromatic carbocycles. The second-order valence-corrected chi connectivity index (χ2v) is 5.04. The normalized spacial score (nSPS) is 7.66. The number of carboxylic acid groups (broad SMARTS) is 1. The Morgan fingerprint density at radius 2 is 1.17 bits per heavy atom. The SMILES string of the molecule is CC.CC.CC.CC.CSc1ccccc1C(=O)c1ccccc1.O=C(O)CCl.